The van der Waals surface area contributed by atoms with E-state index in [0.717, 1.165) is 35.3 Å². The van der Waals surface area contributed by atoms with Gasteiger partial charge in [-0.15, -0.1) is 0 Å². The maximum Gasteiger partial charge on any atom is 0.325 e. The lowest BCUT2D eigenvalue weighted by Gasteiger charge is -2.23. The molecule has 2 aliphatic rings. The van der Waals surface area contributed by atoms with Crippen molar-refractivity contribution < 1.29 is 14.4 Å². The van der Waals surface area contributed by atoms with Gasteiger partial charge in [0.25, 0.3) is 5.91 Å². The van der Waals surface area contributed by atoms with Crippen molar-refractivity contribution in [2.75, 3.05) is 11.9 Å². The minimum atomic E-state index is -1.19. The van der Waals surface area contributed by atoms with Crippen LogP contribution in [-0.4, -0.2) is 29.3 Å². The molecule has 0 radical (unpaired) electrons. The van der Waals surface area contributed by atoms with Crippen LogP contribution < -0.4 is 10.6 Å². The molecule has 1 aliphatic heterocycles. The van der Waals surface area contributed by atoms with Gasteiger partial charge in [0, 0.05) is 5.69 Å². The molecule has 2 aromatic carbocycles. The number of hydrogen-bond donors (Lipinski definition) is 2. The second-order valence-corrected chi connectivity index (χ2v) is 7.86. The first-order chi connectivity index (χ1) is 14.4. The van der Waals surface area contributed by atoms with E-state index in [1.54, 1.807) is 31.2 Å². The Morgan fingerprint density at radius 2 is 1.90 bits per heavy atom. The molecule has 7 nitrogen and oxygen atoms in total. The number of nitrogens with one attached hydrogen (secondary N) is 2. The summed E-state index contributed by atoms with van der Waals surface area (Å²) in [5.74, 6) is -0.908. The van der Waals surface area contributed by atoms with Gasteiger partial charge in [0.2, 0.25) is 5.91 Å². The van der Waals surface area contributed by atoms with Crippen molar-refractivity contribution in [2.45, 2.75) is 38.1 Å². The third-order valence-corrected chi connectivity index (χ3v) is 5.77. The molecule has 152 valence electrons. The molecule has 2 N–H and O–H groups in total. The molecule has 4 rings (SSSR count). The molecule has 2 aromatic rings. The van der Waals surface area contributed by atoms with E-state index in [4.69, 9.17) is 5.26 Å². The third-order valence-electron chi connectivity index (χ3n) is 5.77. The topological polar surface area (TPSA) is 102 Å². The Kier molecular flexibility index (Phi) is 5.00. The van der Waals surface area contributed by atoms with Crippen molar-refractivity contribution in [2.24, 2.45) is 0 Å². The minimum Gasteiger partial charge on any atom is -0.325 e. The Labute approximate surface area is 174 Å². The van der Waals surface area contributed by atoms with E-state index in [2.05, 4.69) is 16.7 Å². The van der Waals surface area contributed by atoms with E-state index in [-0.39, 0.29) is 13.0 Å². The maximum atomic E-state index is 13.1. The summed E-state index contributed by atoms with van der Waals surface area (Å²) in [5, 5.41) is 14.2. The van der Waals surface area contributed by atoms with Crippen LogP contribution in [-0.2, 0) is 34.4 Å². The summed E-state index contributed by atoms with van der Waals surface area (Å²) >= 11 is 0. The summed E-state index contributed by atoms with van der Waals surface area (Å²) in [5.41, 5.74) is 3.43. The number of nitriles is 1. The normalized spacial score (nSPS) is 19.9. The zero-order chi connectivity index (χ0) is 21.3. The Bertz CT molecular complexity index is 1070. The fraction of sp³-hybridized carbons (Fsp3) is 0.304. The van der Waals surface area contributed by atoms with Crippen LogP contribution in [0.5, 0.6) is 0 Å². The van der Waals surface area contributed by atoms with Gasteiger partial charge in [-0.1, -0.05) is 30.3 Å². The van der Waals surface area contributed by atoms with Crippen LogP contribution in [0.2, 0.25) is 0 Å². The van der Waals surface area contributed by atoms with Gasteiger partial charge in [0.15, 0.2) is 0 Å². The second kappa shape index (κ2) is 7.64. The number of fused-ring (bicyclic) bond motifs is 1. The van der Waals surface area contributed by atoms with Crippen molar-refractivity contribution in [1.29, 1.82) is 5.26 Å². The number of carbonyl (C=O) groups excluding carboxylic acids is 3. The summed E-state index contributed by atoms with van der Waals surface area (Å²) in [4.78, 5) is 39.0. The number of imide groups is 1. The summed E-state index contributed by atoms with van der Waals surface area (Å²) in [6.07, 6.45) is 3.40. The zero-order valence-electron chi connectivity index (χ0n) is 16.7. The Morgan fingerprint density at radius 3 is 2.63 bits per heavy atom. The molecule has 0 spiro atoms. The van der Waals surface area contributed by atoms with Crippen LogP contribution in [0.25, 0.3) is 0 Å². The van der Waals surface area contributed by atoms with E-state index in [1.165, 1.54) is 11.1 Å². The van der Waals surface area contributed by atoms with Crippen LogP contribution in [0.15, 0.2) is 42.5 Å². The number of carbonyl (C=O) groups is 3. The number of urea groups is 1. The van der Waals surface area contributed by atoms with E-state index in [9.17, 15) is 14.4 Å². The summed E-state index contributed by atoms with van der Waals surface area (Å²) < 4.78 is 0. The molecule has 1 atom stereocenters. The van der Waals surface area contributed by atoms with E-state index in [0.29, 0.717) is 5.69 Å². The Hall–Kier alpha value is -3.66. The molecular weight excluding hydrogens is 380 g/mol. The molecule has 4 amide bonds. The van der Waals surface area contributed by atoms with Crippen LogP contribution in [0.4, 0.5) is 10.5 Å². The largest absolute Gasteiger partial charge is 0.325 e. The molecule has 1 saturated heterocycles. The van der Waals surface area contributed by atoms with E-state index < -0.39 is 23.4 Å². The van der Waals surface area contributed by atoms with Crippen molar-refractivity contribution in [3.05, 3.63) is 64.7 Å². The van der Waals surface area contributed by atoms with Gasteiger partial charge in [0.1, 0.15) is 12.1 Å². The first-order valence-electron chi connectivity index (χ1n) is 9.93. The highest BCUT2D eigenvalue weighted by molar-refractivity contribution is 6.10. The van der Waals surface area contributed by atoms with Gasteiger partial charge < -0.3 is 10.6 Å². The standard InChI is InChI=1S/C23H22N4O3/c1-23(18-8-7-16-3-2-4-17(16)13-18)21(29)27(22(30)26-23)14-20(28)25-19-9-5-15(6-10-19)11-12-24/h5-10,13H,2-4,11,14H2,1H3,(H,25,28)(H,26,30)/t23-/m0/s1. The van der Waals surface area contributed by atoms with E-state index >= 15 is 0 Å². The van der Waals surface area contributed by atoms with Crippen molar-refractivity contribution >= 4 is 23.5 Å². The van der Waals surface area contributed by atoms with Gasteiger partial charge in [-0.25, -0.2) is 4.79 Å². The van der Waals surface area contributed by atoms with Crippen LogP contribution in [0.1, 0.15) is 35.6 Å². The van der Waals surface area contributed by atoms with Crippen LogP contribution >= 0.6 is 0 Å². The number of nitrogens with zero attached hydrogens (tertiary/aromatic N) is 2. The van der Waals surface area contributed by atoms with Crippen molar-refractivity contribution in [1.82, 2.24) is 10.2 Å². The van der Waals surface area contributed by atoms with Gasteiger partial charge in [-0.2, -0.15) is 5.26 Å². The molecule has 0 aromatic heterocycles. The average molecular weight is 402 g/mol. The monoisotopic (exact) mass is 402 g/mol. The third kappa shape index (κ3) is 3.52. The van der Waals surface area contributed by atoms with Crippen molar-refractivity contribution in [3.8, 4) is 6.07 Å². The lowest BCUT2D eigenvalue weighted by Crippen LogP contribution is -2.42. The van der Waals surface area contributed by atoms with Gasteiger partial charge >= 0.3 is 6.03 Å². The Morgan fingerprint density at radius 1 is 1.17 bits per heavy atom. The molecule has 0 saturated carbocycles. The molecule has 30 heavy (non-hydrogen) atoms. The zero-order valence-corrected chi connectivity index (χ0v) is 16.7. The first kappa shape index (κ1) is 19.6. The lowest BCUT2D eigenvalue weighted by molar-refractivity contribution is -0.133. The van der Waals surface area contributed by atoms with Gasteiger partial charge in [-0.3, -0.25) is 14.5 Å². The minimum absolute atomic E-state index is 0.290. The number of hydrogen-bond acceptors (Lipinski definition) is 4. The Balaban J connectivity index is 1.46. The average Bonchev–Trinajstić information content (AvgIpc) is 3.28. The molecule has 1 fully saturated rings. The molecular formula is C23H22N4O3. The predicted molar refractivity (Wildman–Crippen MR) is 110 cm³/mol. The quantitative estimate of drug-likeness (QED) is 0.751. The van der Waals surface area contributed by atoms with Crippen LogP contribution in [0, 0.1) is 11.3 Å². The first-order valence-corrected chi connectivity index (χ1v) is 9.93. The number of benzene rings is 2. The number of anilines is 1. The summed E-state index contributed by atoms with van der Waals surface area (Å²) in [7, 11) is 0. The van der Waals surface area contributed by atoms with Crippen molar-refractivity contribution in [3.63, 3.8) is 0 Å². The van der Waals surface area contributed by atoms with Crippen LogP contribution in [0.3, 0.4) is 0 Å². The molecule has 0 unspecified atom stereocenters. The lowest BCUT2D eigenvalue weighted by atomic mass is 9.89. The molecule has 7 heteroatoms. The fourth-order valence-electron chi connectivity index (χ4n) is 4.06. The van der Waals surface area contributed by atoms with Gasteiger partial charge in [0.05, 0.1) is 12.5 Å². The number of amides is 4. The summed E-state index contributed by atoms with van der Waals surface area (Å²) in [6, 6.07) is 14.2. The predicted octanol–water partition coefficient (Wildman–Crippen LogP) is 2.65. The molecule has 1 heterocycles. The summed E-state index contributed by atoms with van der Waals surface area (Å²) in [6.45, 7) is 1.31. The number of aryl methyl sites for hydroxylation is 2. The number of rotatable bonds is 5. The smallest absolute Gasteiger partial charge is 0.325 e. The maximum absolute atomic E-state index is 13.1. The highest BCUT2D eigenvalue weighted by atomic mass is 16.2. The second-order valence-electron chi connectivity index (χ2n) is 7.86. The highest BCUT2D eigenvalue weighted by Crippen LogP contribution is 2.32. The molecule has 1 aliphatic carbocycles. The fourth-order valence-corrected chi connectivity index (χ4v) is 4.06. The van der Waals surface area contributed by atoms with Gasteiger partial charge in [-0.05, 0) is 60.6 Å². The van der Waals surface area contributed by atoms with E-state index in [1.807, 2.05) is 18.2 Å². The highest BCUT2D eigenvalue weighted by Gasteiger charge is 2.49. The molecule has 0 bridgehead atoms. The SMILES string of the molecule is C[C@@]1(c2ccc3c(c2)CCC3)NC(=O)N(CC(=O)Nc2ccc(CC#N)cc2)C1=O.